The van der Waals surface area contributed by atoms with Gasteiger partial charge in [-0.1, -0.05) is 23.8 Å². The summed E-state index contributed by atoms with van der Waals surface area (Å²) >= 11 is 0. The summed E-state index contributed by atoms with van der Waals surface area (Å²) in [7, 11) is 1.99. The van der Waals surface area contributed by atoms with Crippen LogP contribution >= 0.6 is 0 Å². The van der Waals surface area contributed by atoms with E-state index < -0.39 is 0 Å². The molecule has 0 bridgehead atoms. The predicted molar refractivity (Wildman–Crippen MR) is 107 cm³/mol. The normalized spacial score (nSPS) is 15.4. The van der Waals surface area contributed by atoms with Crippen LogP contribution < -0.4 is 5.32 Å². The number of hydrogen-bond acceptors (Lipinski definition) is 4. The van der Waals surface area contributed by atoms with E-state index in [1.54, 1.807) is 11.0 Å². The molecule has 6 heteroatoms. The quantitative estimate of drug-likeness (QED) is 0.728. The largest absolute Gasteiger partial charge is 0.355 e. The van der Waals surface area contributed by atoms with Gasteiger partial charge < -0.3 is 5.32 Å². The van der Waals surface area contributed by atoms with Gasteiger partial charge in [0.05, 0.1) is 12.2 Å². The van der Waals surface area contributed by atoms with Gasteiger partial charge in [0.1, 0.15) is 12.7 Å². The SMILES string of the molecule is CC(c1ccc(-n2cncn2)cc1)N(C)CC(=O)NCCC1=CCCCC1. The highest BCUT2D eigenvalue weighted by Crippen LogP contribution is 2.21. The summed E-state index contributed by atoms with van der Waals surface area (Å²) in [4.78, 5) is 18.3. The van der Waals surface area contributed by atoms with E-state index in [1.807, 2.05) is 19.2 Å². The molecular weight excluding hydrogens is 338 g/mol. The molecule has 1 aliphatic carbocycles. The lowest BCUT2D eigenvalue weighted by Crippen LogP contribution is -2.36. The summed E-state index contributed by atoms with van der Waals surface area (Å²) in [6, 6.07) is 8.34. The predicted octanol–water partition coefficient (Wildman–Crippen LogP) is 3.27. The van der Waals surface area contributed by atoms with Crippen LogP contribution in [-0.4, -0.2) is 45.7 Å². The van der Waals surface area contributed by atoms with Gasteiger partial charge in [-0.2, -0.15) is 5.10 Å². The summed E-state index contributed by atoms with van der Waals surface area (Å²) in [5.41, 5.74) is 3.64. The number of carbonyl (C=O) groups is 1. The van der Waals surface area contributed by atoms with Crippen molar-refractivity contribution in [1.29, 1.82) is 0 Å². The van der Waals surface area contributed by atoms with E-state index in [9.17, 15) is 4.79 Å². The van der Waals surface area contributed by atoms with Crippen LogP contribution in [0.15, 0.2) is 48.6 Å². The molecule has 6 nitrogen and oxygen atoms in total. The zero-order chi connectivity index (χ0) is 19.1. The van der Waals surface area contributed by atoms with Gasteiger partial charge in [0, 0.05) is 12.6 Å². The van der Waals surface area contributed by atoms with Crippen LogP contribution in [0.1, 0.15) is 50.6 Å². The first-order valence-corrected chi connectivity index (χ1v) is 9.73. The first kappa shape index (κ1) is 19.3. The van der Waals surface area contributed by atoms with E-state index in [0.29, 0.717) is 6.54 Å². The zero-order valence-electron chi connectivity index (χ0n) is 16.3. The lowest BCUT2D eigenvalue weighted by molar-refractivity contribution is -0.122. The highest BCUT2D eigenvalue weighted by molar-refractivity contribution is 5.78. The van der Waals surface area contributed by atoms with E-state index in [4.69, 9.17) is 0 Å². The molecule has 1 N–H and O–H groups in total. The summed E-state index contributed by atoms with van der Waals surface area (Å²) in [5, 5.41) is 7.19. The number of benzene rings is 1. The van der Waals surface area contributed by atoms with Crippen LogP contribution in [0.3, 0.4) is 0 Å². The van der Waals surface area contributed by atoms with Gasteiger partial charge in [-0.15, -0.1) is 0 Å². The van der Waals surface area contributed by atoms with Crippen molar-refractivity contribution in [3.05, 3.63) is 54.1 Å². The molecule has 1 aromatic carbocycles. The van der Waals surface area contributed by atoms with Crippen LogP contribution in [0.4, 0.5) is 0 Å². The third-order valence-electron chi connectivity index (χ3n) is 5.27. The number of rotatable bonds is 8. The molecule has 3 rings (SSSR count). The summed E-state index contributed by atoms with van der Waals surface area (Å²) in [5.74, 6) is 0.0833. The molecule has 1 unspecified atom stereocenters. The van der Waals surface area contributed by atoms with Crippen molar-refractivity contribution in [2.24, 2.45) is 0 Å². The number of likely N-dealkylation sites (N-methyl/N-ethyl adjacent to an activating group) is 1. The van der Waals surface area contributed by atoms with E-state index in [-0.39, 0.29) is 11.9 Å². The second-order valence-electron chi connectivity index (χ2n) is 7.23. The van der Waals surface area contributed by atoms with Crippen LogP contribution in [0, 0.1) is 0 Å². The van der Waals surface area contributed by atoms with Crippen LogP contribution in [0.5, 0.6) is 0 Å². The van der Waals surface area contributed by atoms with Crippen LogP contribution in [0.25, 0.3) is 5.69 Å². The van der Waals surface area contributed by atoms with Gasteiger partial charge in [-0.25, -0.2) is 9.67 Å². The molecular formula is C21H29N5O. The second-order valence-corrected chi connectivity index (χ2v) is 7.23. The van der Waals surface area contributed by atoms with Crippen molar-refractivity contribution in [3.8, 4) is 5.69 Å². The fourth-order valence-electron chi connectivity index (χ4n) is 3.42. The Hall–Kier alpha value is -2.47. The minimum atomic E-state index is 0.0833. The molecule has 1 heterocycles. The van der Waals surface area contributed by atoms with Gasteiger partial charge in [-0.05, 0) is 63.8 Å². The van der Waals surface area contributed by atoms with Crippen molar-refractivity contribution < 1.29 is 4.79 Å². The smallest absolute Gasteiger partial charge is 0.234 e. The van der Waals surface area contributed by atoms with E-state index in [0.717, 1.165) is 18.7 Å². The first-order valence-electron chi connectivity index (χ1n) is 9.73. The Morgan fingerprint density at radius 2 is 2.11 bits per heavy atom. The molecule has 1 aliphatic rings. The molecule has 1 amide bonds. The number of aromatic nitrogens is 3. The number of nitrogens with zero attached hydrogens (tertiary/aromatic N) is 4. The molecule has 0 spiro atoms. The van der Waals surface area contributed by atoms with Crippen LogP contribution in [-0.2, 0) is 4.79 Å². The average Bonchev–Trinajstić information content (AvgIpc) is 3.23. The van der Waals surface area contributed by atoms with E-state index in [2.05, 4.69) is 45.4 Å². The second kappa shape index (κ2) is 9.46. The van der Waals surface area contributed by atoms with Gasteiger partial charge in [0.2, 0.25) is 5.91 Å². The standard InChI is InChI=1S/C21H29N5O/c1-17(19-8-10-20(11-9-19)26-16-22-15-24-26)25(2)14-21(27)23-13-12-18-6-4-3-5-7-18/h6,8-11,15-17H,3-5,7,12-14H2,1-2H3,(H,23,27). The van der Waals surface area contributed by atoms with Crippen molar-refractivity contribution >= 4 is 5.91 Å². The topological polar surface area (TPSA) is 63.1 Å². The van der Waals surface area contributed by atoms with Crippen molar-refractivity contribution in [1.82, 2.24) is 25.0 Å². The molecule has 0 radical (unpaired) electrons. The molecule has 0 fully saturated rings. The van der Waals surface area contributed by atoms with E-state index in [1.165, 1.54) is 43.1 Å². The summed E-state index contributed by atoms with van der Waals surface area (Å²) in [6.45, 7) is 3.25. The summed E-state index contributed by atoms with van der Waals surface area (Å²) in [6.07, 6.45) is 11.5. The Labute approximate surface area is 161 Å². The third kappa shape index (κ3) is 5.50. The Morgan fingerprint density at radius 1 is 1.30 bits per heavy atom. The maximum atomic E-state index is 12.2. The molecule has 1 atom stereocenters. The van der Waals surface area contributed by atoms with Gasteiger partial charge in [0.25, 0.3) is 0 Å². The number of amides is 1. The number of allylic oxidation sites excluding steroid dienone is 1. The molecule has 144 valence electrons. The Morgan fingerprint density at radius 3 is 2.78 bits per heavy atom. The molecule has 27 heavy (non-hydrogen) atoms. The maximum absolute atomic E-state index is 12.2. The fraction of sp³-hybridized carbons (Fsp3) is 0.476. The van der Waals surface area contributed by atoms with Gasteiger partial charge in [0.15, 0.2) is 0 Å². The Bertz CT molecular complexity index is 751. The van der Waals surface area contributed by atoms with Gasteiger partial charge in [-0.3, -0.25) is 9.69 Å². The van der Waals surface area contributed by atoms with Crippen LogP contribution in [0.2, 0.25) is 0 Å². The minimum Gasteiger partial charge on any atom is -0.355 e. The monoisotopic (exact) mass is 367 g/mol. The molecule has 0 aliphatic heterocycles. The number of hydrogen-bond donors (Lipinski definition) is 1. The fourth-order valence-corrected chi connectivity index (χ4v) is 3.42. The Kier molecular flexibility index (Phi) is 6.76. The van der Waals surface area contributed by atoms with Gasteiger partial charge >= 0.3 is 0 Å². The number of nitrogens with one attached hydrogen (secondary N) is 1. The van der Waals surface area contributed by atoms with E-state index >= 15 is 0 Å². The minimum absolute atomic E-state index is 0.0833. The molecule has 1 aromatic heterocycles. The molecule has 0 saturated carbocycles. The zero-order valence-corrected chi connectivity index (χ0v) is 16.3. The van der Waals surface area contributed by atoms with Crippen molar-refractivity contribution in [2.45, 2.75) is 45.1 Å². The summed E-state index contributed by atoms with van der Waals surface area (Å²) < 4.78 is 1.73. The number of carbonyl (C=O) groups excluding carboxylic acids is 1. The Balaban J connectivity index is 1.45. The highest BCUT2D eigenvalue weighted by atomic mass is 16.2. The highest BCUT2D eigenvalue weighted by Gasteiger charge is 2.15. The maximum Gasteiger partial charge on any atom is 0.234 e. The van der Waals surface area contributed by atoms with Crippen molar-refractivity contribution in [2.75, 3.05) is 20.1 Å². The molecule has 2 aromatic rings. The lowest BCUT2D eigenvalue weighted by Gasteiger charge is -2.24. The lowest BCUT2D eigenvalue weighted by atomic mass is 9.97. The van der Waals surface area contributed by atoms with Crippen molar-refractivity contribution in [3.63, 3.8) is 0 Å². The average molecular weight is 367 g/mol. The molecule has 0 saturated heterocycles. The first-order chi connectivity index (χ1) is 13.1. The third-order valence-corrected chi connectivity index (χ3v) is 5.27.